The Balaban J connectivity index is 1.14. The maximum absolute atomic E-state index is 6.14. The zero-order valence-corrected chi connectivity index (χ0v) is 19.3. The Bertz CT molecular complexity index is 1400. The summed E-state index contributed by atoms with van der Waals surface area (Å²) in [6, 6.07) is 31.7. The molecular formula is C26H20B3NO6. The number of para-hydroxylation sites is 6. The van der Waals surface area contributed by atoms with E-state index in [1.54, 1.807) is 0 Å². The first-order valence-electron chi connectivity index (χ1n) is 11.9. The largest absolute Gasteiger partial charge is 0.774 e. The van der Waals surface area contributed by atoms with Crippen LogP contribution >= 0.6 is 0 Å². The van der Waals surface area contributed by atoms with Gasteiger partial charge in [0, 0.05) is 28.4 Å². The van der Waals surface area contributed by atoms with Gasteiger partial charge in [0.15, 0.2) is 0 Å². The van der Waals surface area contributed by atoms with Gasteiger partial charge in [-0.05, 0) is 42.7 Å². The van der Waals surface area contributed by atoms with Gasteiger partial charge in [0.25, 0.3) is 0 Å². The van der Waals surface area contributed by atoms with Crippen molar-refractivity contribution in [1.29, 1.82) is 0 Å². The van der Waals surface area contributed by atoms with E-state index in [-0.39, 0.29) is 0 Å². The molecule has 0 aliphatic carbocycles. The molecule has 10 heteroatoms. The quantitative estimate of drug-likeness (QED) is 0.301. The van der Waals surface area contributed by atoms with E-state index in [0.717, 1.165) is 11.0 Å². The molecule has 0 N–H and O–H groups in total. The molecule has 4 aromatic carbocycles. The molecule has 174 valence electrons. The van der Waals surface area contributed by atoms with E-state index in [4.69, 9.17) is 27.8 Å². The molecule has 0 amide bonds. The van der Waals surface area contributed by atoms with Gasteiger partial charge in [0.05, 0.1) is 0 Å². The van der Waals surface area contributed by atoms with Crippen LogP contribution in [-0.2, 0) is 15.7 Å². The summed E-state index contributed by atoms with van der Waals surface area (Å²) in [5, 5.41) is 2.42. The van der Waals surface area contributed by atoms with Crippen LogP contribution in [0.4, 0.5) is 0 Å². The molecule has 2 aliphatic heterocycles. The molecule has 36 heavy (non-hydrogen) atoms. The number of aryl methyl sites for hydroxylation is 1. The van der Waals surface area contributed by atoms with Crippen LogP contribution in [0.1, 0.15) is 0 Å². The summed E-state index contributed by atoms with van der Waals surface area (Å²) in [4.78, 5) is 0. The molecule has 7 rings (SSSR count). The zero-order valence-electron chi connectivity index (χ0n) is 19.3. The van der Waals surface area contributed by atoms with Crippen molar-refractivity contribution in [2.24, 2.45) is 0 Å². The van der Waals surface area contributed by atoms with Crippen molar-refractivity contribution in [2.75, 3.05) is 0 Å². The average Bonchev–Trinajstić information content (AvgIpc) is 3.60. The summed E-state index contributed by atoms with van der Waals surface area (Å²) < 4.78 is 37.9. The lowest BCUT2D eigenvalue weighted by atomic mass is 9.80. The Kier molecular flexibility index (Phi) is 5.26. The lowest BCUT2D eigenvalue weighted by Gasteiger charge is -2.17. The molecular weight excluding hydrogens is 455 g/mol. The monoisotopic (exact) mass is 475 g/mol. The Morgan fingerprint density at radius 1 is 0.556 bits per heavy atom. The van der Waals surface area contributed by atoms with E-state index in [9.17, 15) is 0 Å². The van der Waals surface area contributed by atoms with Crippen molar-refractivity contribution in [1.82, 2.24) is 4.57 Å². The molecule has 5 aromatic rings. The van der Waals surface area contributed by atoms with Crippen molar-refractivity contribution in [3.05, 3.63) is 97.1 Å². The maximum atomic E-state index is 6.14. The summed E-state index contributed by atoms with van der Waals surface area (Å²) in [6.45, 7) is 0.637. The van der Waals surface area contributed by atoms with Gasteiger partial charge in [-0.15, -0.1) is 0 Å². The van der Waals surface area contributed by atoms with Gasteiger partial charge in [0.1, 0.15) is 23.0 Å². The van der Waals surface area contributed by atoms with E-state index in [1.807, 2.05) is 48.5 Å². The molecule has 0 atom stereocenters. The molecule has 0 saturated heterocycles. The normalized spacial score (nSPS) is 13.7. The summed E-state index contributed by atoms with van der Waals surface area (Å²) in [6.07, 6.45) is 0.502. The van der Waals surface area contributed by atoms with Crippen LogP contribution in [0.25, 0.3) is 21.8 Å². The summed E-state index contributed by atoms with van der Waals surface area (Å²) >= 11 is 0. The highest BCUT2D eigenvalue weighted by Crippen LogP contribution is 2.35. The van der Waals surface area contributed by atoms with Gasteiger partial charge >= 0.3 is 21.8 Å². The molecule has 0 unspecified atom stereocenters. The van der Waals surface area contributed by atoms with Gasteiger partial charge in [-0.1, -0.05) is 60.7 Å². The van der Waals surface area contributed by atoms with Crippen LogP contribution in [0.3, 0.4) is 0 Å². The predicted octanol–water partition coefficient (Wildman–Crippen LogP) is 5.23. The van der Waals surface area contributed by atoms with E-state index >= 15 is 0 Å². The third-order valence-corrected chi connectivity index (χ3v) is 6.39. The van der Waals surface area contributed by atoms with Gasteiger partial charge in [0.2, 0.25) is 0 Å². The van der Waals surface area contributed by atoms with E-state index in [0.29, 0.717) is 35.9 Å². The van der Waals surface area contributed by atoms with Crippen molar-refractivity contribution < 1.29 is 27.8 Å². The second-order valence-corrected chi connectivity index (χ2v) is 8.62. The maximum Gasteiger partial charge on any atom is 0.774 e. The minimum absolute atomic E-state index is 0.502. The van der Waals surface area contributed by atoms with Crippen molar-refractivity contribution >= 4 is 43.6 Å². The fourth-order valence-electron chi connectivity index (χ4n) is 4.76. The van der Waals surface area contributed by atoms with Gasteiger partial charge < -0.3 is 32.3 Å². The number of nitrogens with zero attached hydrogens (tertiary/aromatic N) is 1. The second kappa shape index (κ2) is 8.89. The van der Waals surface area contributed by atoms with Gasteiger partial charge in [-0.2, -0.15) is 0 Å². The topological polar surface area (TPSA) is 60.3 Å². The number of hydrogen-bond donors (Lipinski definition) is 0. The Labute approximate surface area is 208 Å². The predicted molar refractivity (Wildman–Crippen MR) is 139 cm³/mol. The molecule has 2 aliphatic rings. The highest BCUT2D eigenvalue weighted by molar-refractivity contribution is 6.63. The second-order valence-electron chi connectivity index (χ2n) is 8.62. The lowest BCUT2D eigenvalue weighted by molar-refractivity contribution is 0.278. The van der Waals surface area contributed by atoms with E-state index in [2.05, 4.69) is 53.1 Å². The van der Waals surface area contributed by atoms with Gasteiger partial charge in [-0.25, -0.2) is 0 Å². The molecule has 0 fully saturated rings. The standard InChI is InChI=1S/C26H20B3NO6/c1-3-11-21-19(9-1)20-10-2-4-12-22(20)30(21)18-17-27(35-28-31-23-13-5-6-14-24(23)32-28)36-29-33-25-15-7-8-16-26(25)34-29/h1-16H,17-18H2. The summed E-state index contributed by atoms with van der Waals surface area (Å²) in [5.74, 6) is 2.52. The van der Waals surface area contributed by atoms with Crippen LogP contribution < -0.4 is 18.6 Å². The fraction of sp³-hybridized carbons (Fsp3) is 0.0769. The fourth-order valence-corrected chi connectivity index (χ4v) is 4.76. The molecule has 3 heterocycles. The van der Waals surface area contributed by atoms with Gasteiger partial charge in [-0.3, -0.25) is 0 Å². The molecule has 7 nitrogen and oxygen atoms in total. The molecule has 0 radical (unpaired) electrons. The van der Waals surface area contributed by atoms with Crippen molar-refractivity contribution in [2.45, 2.75) is 12.9 Å². The Morgan fingerprint density at radius 3 is 1.39 bits per heavy atom. The third-order valence-electron chi connectivity index (χ3n) is 6.39. The Hall–Kier alpha value is -4.01. The molecule has 0 saturated carbocycles. The van der Waals surface area contributed by atoms with Crippen LogP contribution in [0, 0.1) is 0 Å². The molecule has 0 bridgehead atoms. The number of benzene rings is 4. The first kappa shape index (κ1) is 21.3. The number of fused-ring (bicyclic) bond motifs is 5. The summed E-state index contributed by atoms with van der Waals surface area (Å²) in [5.41, 5.74) is 2.30. The van der Waals surface area contributed by atoms with Crippen LogP contribution in [0.15, 0.2) is 97.1 Å². The average molecular weight is 475 g/mol. The minimum Gasteiger partial charge on any atom is -0.498 e. The molecule has 1 aromatic heterocycles. The number of hydrogen-bond acceptors (Lipinski definition) is 6. The zero-order chi connectivity index (χ0) is 23.9. The smallest absolute Gasteiger partial charge is 0.498 e. The number of rotatable bonds is 7. The van der Waals surface area contributed by atoms with Crippen molar-refractivity contribution in [3.8, 4) is 23.0 Å². The van der Waals surface area contributed by atoms with E-state index < -0.39 is 21.8 Å². The highest BCUT2D eigenvalue weighted by Gasteiger charge is 2.44. The number of aromatic nitrogens is 1. The van der Waals surface area contributed by atoms with Crippen molar-refractivity contribution in [3.63, 3.8) is 0 Å². The minimum atomic E-state index is -0.936. The highest BCUT2D eigenvalue weighted by atomic mass is 16.8. The summed E-state index contributed by atoms with van der Waals surface area (Å²) in [7, 11) is -2.60. The SMILES string of the molecule is c1ccc2c(c1)OB(OB(CCn1c3ccccc3c3ccccc31)OB1Oc3ccccc3O1)O2. The van der Waals surface area contributed by atoms with Crippen LogP contribution in [-0.4, -0.2) is 26.3 Å². The third kappa shape index (κ3) is 3.84. The Morgan fingerprint density at radius 2 is 0.944 bits per heavy atom. The lowest BCUT2D eigenvalue weighted by Crippen LogP contribution is -2.44. The first-order valence-corrected chi connectivity index (χ1v) is 11.9. The van der Waals surface area contributed by atoms with Crippen LogP contribution in [0.2, 0.25) is 6.32 Å². The van der Waals surface area contributed by atoms with E-state index in [1.165, 1.54) is 10.8 Å². The molecule has 0 spiro atoms. The first-order chi connectivity index (χ1) is 17.8. The van der Waals surface area contributed by atoms with Crippen LogP contribution in [0.5, 0.6) is 23.0 Å².